The number of halogens is 3. The molecule has 2 aromatic rings. The number of nitrogens with one attached hydrogen (secondary N) is 1. The Kier molecular flexibility index (Phi) is 5.70. The number of sulfonamides is 1. The van der Waals surface area contributed by atoms with E-state index in [-0.39, 0.29) is 11.8 Å². The van der Waals surface area contributed by atoms with Gasteiger partial charge in [-0.1, -0.05) is 58.0 Å². The van der Waals surface area contributed by atoms with Crippen molar-refractivity contribution in [3.63, 3.8) is 0 Å². The SMILES string of the molecule is CC(C)c1cccc(C(C)C)c1NS(=O)(=O)c1ccccc1C(F)(F)F. The van der Waals surface area contributed by atoms with E-state index >= 15 is 0 Å². The highest BCUT2D eigenvalue weighted by Gasteiger charge is 2.37. The van der Waals surface area contributed by atoms with Crippen LogP contribution in [0, 0.1) is 0 Å². The molecule has 0 spiro atoms. The maximum absolute atomic E-state index is 13.2. The van der Waals surface area contributed by atoms with Crippen molar-refractivity contribution >= 4 is 15.7 Å². The Morgan fingerprint density at radius 3 is 1.81 bits per heavy atom. The van der Waals surface area contributed by atoms with Crippen LogP contribution >= 0.6 is 0 Å². The first-order valence-corrected chi connectivity index (χ1v) is 9.75. The van der Waals surface area contributed by atoms with Gasteiger partial charge in [0.25, 0.3) is 10.0 Å². The Hall–Kier alpha value is -2.02. The second-order valence-electron chi connectivity index (χ2n) is 6.72. The summed E-state index contributed by atoms with van der Waals surface area (Å²) in [5, 5.41) is 0. The second kappa shape index (κ2) is 7.31. The van der Waals surface area contributed by atoms with Crippen LogP contribution in [0.25, 0.3) is 0 Å². The first-order valence-electron chi connectivity index (χ1n) is 8.27. The van der Waals surface area contributed by atoms with Crippen LogP contribution in [0.15, 0.2) is 47.4 Å². The van der Waals surface area contributed by atoms with E-state index in [0.717, 1.165) is 23.3 Å². The monoisotopic (exact) mass is 385 g/mol. The zero-order chi connectivity index (χ0) is 19.7. The molecule has 0 radical (unpaired) electrons. The van der Waals surface area contributed by atoms with Crippen LogP contribution in [0.5, 0.6) is 0 Å². The van der Waals surface area contributed by atoms with Crippen molar-refractivity contribution < 1.29 is 21.6 Å². The predicted octanol–water partition coefficient (Wildman–Crippen LogP) is 5.75. The second-order valence-corrected chi connectivity index (χ2v) is 8.37. The molecule has 0 aromatic heterocycles. The minimum atomic E-state index is -4.76. The molecule has 0 amide bonds. The molecular formula is C19H22F3NO2S. The lowest BCUT2D eigenvalue weighted by atomic mass is 9.93. The fraction of sp³-hybridized carbons (Fsp3) is 0.368. The smallest absolute Gasteiger partial charge is 0.279 e. The number of para-hydroxylation sites is 1. The lowest BCUT2D eigenvalue weighted by molar-refractivity contribution is -0.139. The highest BCUT2D eigenvalue weighted by Crippen LogP contribution is 2.37. The summed E-state index contributed by atoms with van der Waals surface area (Å²) in [4.78, 5) is -0.777. The third-order valence-corrected chi connectivity index (χ3v) is 5.50. The largest absolute Gasteiger partial charge is 0.417 e. The predicted molar refractivity (Wildman–Crippen MR) is 96.9 cm³/mol. The number of benzene rings is 2. The van der Waals surface area contributed by atoms with E-state index in [1.165, 1.54) is 12.1 Å². The van der Waals surface area contributed by atoms with Gasteiger partial charge < -0.3 is 0 Å². The molecule has 0 aliphatic heterocycles. The summed E-state index contributed by atoms with van der Waals surface area (Å²) < 4.78 is 67.8. The third-order valence-electron chi connectivity index (χ3n) is 4.09. The Labute approximate surface area is 152 Å². The van der Waals surface area contributed by atoms with Crippen LogP contribution in [0.3, 0.4) is 0 Å². The lowest BCUT2D eigenvalue weighted by Crippen LogP contribution is -2.20. The van der Waals surface area contributed by atoms with Crippen molar-refractivity contribution in [2.45, 2.75) is 50.6 Å². The van der Waals surface area contributed by atoms with Gasteiger partial charge in [-0.2, -0.15) is 13.2 Å². The van der Waals surface area contributed by atoms with Crippen molar-refractivity contribution in [3.05, 3.63) is 59.2 Å². The van der Waals surface area contributed by atoms with Gasteiger partial charge in [0.2, 0.25) is 0 Å². The van der Waals surface area contributed by atoms with Gasteiger partial charge in [0.1, 0.15) is 0 Å². The van der Waals surface area contributed by atoms with Crippen LogP contribution in [-0.4, -0.2) is 8.42 Å². The zero-order valence-electron chi connectivity index (χ0n) is 15.1. The van der Waals surface area contributed by atoms with Gasteiger partial charge in [0.15, 0.2) is 0 Å². The lowest BCUT2D eigenvalue weighted by Gasteiger charge is -2.22. The fourth-order valence-electron chi connectivity index (χ4n) is 2.79. The highest BCUT2D eigenvalue weighted by molar-refractivity contribution is 7.92. The topological polar surface area (TPSA) is 46.2 Å². The van der Waals surface area contributed by atoms with E-state index in [1.807, 2.05) is 33.8 Å². The van der Waals surface area contributed by atoms with Crippen molar-refractivity contribution in [1.29, 1.82) is 0 Å². The average Bonchev–Trinajstić information content (AvgIpc) is 2.53. The van der Waals surface area contributed by atoms with Gasteiger partial charge in [0, 0.05) is 0 Å². The van der Waals surface area contributed by atoms with Crippen molar-refractivity contribution in [2.24, 2.45) is 0 Å². The standard InChI is InChI=1S/C19H22F3NO2S/c1-12(2)14-8-7-9-15(13(3)4)18(14)23-26(24,25)17-11-6-5-10-16(17)19(20,21)22/h5-13,23H,1-4H3. The van der Waals surface area contributed by atoms with Crippen LogP contribution in [0.1, 0.15) is 56.2 Å². The summed E-state index contributed by atoms with van der Waals surface area (Å²) in [6.07, 6.45) is -4.76. The molecule has 0 heterocycles. The van der Waals surface area contributed by atoms with Gasteiger partial charge in [0.05, 0.1) is 16.1 Å². The molecule has 0 unspecified atom stereocenters. The summed E-state index contributed by atoms with van der Waals surface area (Å²) in [5.41, 5.74) is 0.656. The molecule has 0 fully saturated rings. The summed E-state index contributed by atoms with van der Waals surface area (Å²) in [7, 11) is -4.41. The van der Waals surface area contributed by atoms with Gasteiger partial charge in [-0.3, -0.25) is 4.72 Å². The molecule has 26 heavy (non-hydrogen) atoms. The Balaban J connectivity index is 2.63. The van der Waals surface area contributed by atoms with Gasteiger partial charge in [-0.15, -0.1) is 0 Å². The summed E-state index contributed by atoms with van der Waals surface area (Å²) in [6.45, 7) is 7.61. The van der Waals surface area contributed by atoms with E-state index in [9.17, 15) is 21.6 Å². The van der Waals surface area contributed by atoms with E-state index in [4.69, 9.17) is 0 Å². The molecule has 0 atom stereocenters. The van der Waals surface area contributed by atoms with Gasteiger partial charge >= 0.3 is 6.18 Å². The maximum Gasteiger partial charge on any atom is 0.417 e. The Bertz CT molecular complexity index is 862. The molecule has 142 valence electrons. The summed E-state index contributed by atoms with van der Waals surface area (Å²) in [5.74, 6) is 0.00789. The first kappa shape index (κ1) is 20.3. The van der Waals surface area contributed by atoms with E-state index in [0.29, 0.717) is 5.69 Å². The minimum absolute atomic E-state index is 0.00394. The Morgan fingerprint density at radius 2 is 1.35 bits per heavy atom. The molecule has 0 aliphatic carbocycles. The van der Waals surface area contributed by atoms with Crippen LogP contribution < -0.4 is 4.72 Å². The highest BCUT2D eigenvalue weighted by atomic mass is 32.2. The molecule has 1 N–H and O–H groups in total. The molecule has 0 aliphatic rings. The number of hydrogen-bond donors (Lipinski definition) is 1. The number of anilines is 1. The molecule has 2 aromatic carbocycles. The number of alkyl halides is 3. The van der Waals surface area contributed by atoms with Crippen LogP contribution in [-0.2, 0) is 16.2 Å². The third kappa shape index (κ3) is 4.20. The zero-order valence-corrected chi connectivity index (χ0v) is 15.9. The first-order chi connectivity index (χ1) is 11.9. The van der Waals surface area contributed by atoms with Crippen LogP contribution in [0.4, 0.5) is 18.9 Å². The van der Waals surface area contributed by atoms with Crippen molar-refractivity contribution in [2.75, 3.05) is 4.72 Å². The van der Waals surface area contributed by atoms with Crippen molar-refractivity contribution in [3.8, 4) is 0 Å². The van der Waals surface area contributed by atoms with E-state index in [2.05, 4.69) is 4.72 Å². The summed E-state index contributed by atoms with van der Waals surface area (Å²) >= 11 is 0. The molecule has 3 nitrogen and oxygen atoms in total. The van der Waals surface area contributed by atoms with E-state index in [1.54, 1.807) is 12.1 Å². The van der Waals surface area contributed by atoms with Gasteiger partial charge in [-0.25, -0.2) is 8.42 Å². The Morgan fingerprint density at radius 1 is 0.846 bits per heavy atom. The van der Waals surface area contributed by atoms with Gasteiger partial charge in [-0.05, 0) is 35.1 Å². The molecule has 0 saturated heterocycles. The molecule has 2 rings (SSSR count). The van der Waals surface area contributed by atoms with Crippen molar-refractivity contribution in [1.82, 2.24) is 0 Å². The van der Waals surface area contributed by atoms with E-state index < -0.39 is 26.7 Å². The number of hydrogen-bond acceptors (Lipinski definition) is 2. The van der Waals surface area contributed by atoms with Crippen LogP contribution in [0.2, 0.25) is 0 Å². The molecule has 0 bridgehead atoms. The minimum Gasteiger partial charge on any atom is -0.279 e. The molecule has 0 saturated carbocycles. The number of rotatable bonds is 5. The molecule has 7 heteroatoms. The molecular weight excluding hydrogens is 363 g/mol. The maximum atomic E-state index is 13.2. The normalized spacial score (nSPS) is 12.7. The fourth-order valence-corrected chi connectivity index (χ4v) is 4.14. The quantitative estimate of drug-likeness (QED) is 0.712. The summed E-state index contributed by atoms with van der Waals surface area (Å²) in [6, 6.07) is 9.58. The average molecular weight is 385 g/mol.